The molecule has 1 aliphatic rings. The second-order valence-electron chi connectivity index (χ2n) is 5.68. The third-order valence-corrected chi connectivity index (χ3v) is 4.13. The maximum atomic E-state index is 12.4. The number of anilines is 2. The fourth-order valence-corrected chi connectivity index (χ4v) is 2.84. The van der Waals surface area contributed by atoms with E-state index in [1.807, 2.05) is 43.3 Å². The summed E-state index contributed by atoms with van der Waals surface area (Å²) in [5, 5.41) is 3.96. The number of carbonyl (C=O) groups excluding carboxylic acids is 2. The third-order valence-electron chi connectivity index (χ3n) is 3.89. The van der Waals surface area contributed by atoms with Gasteiger partial charge in [-0.15, -0.1) is 0 Å². The van der Waals surface area contributed by atoms with Gasteiger partial charge in [-0.2, -0.15) is 0 Å². The molecule has 1 heterocycles. The highest BCUT2D eigenvalue weighted by molar-refractivity contribution is 6.30. The molecule has 0 bridgehead atoms. The molecule has 0 atom stereocenters. The SMILES string of the molecule is Cc1cc(C(=O)N2CCC(=O)C2)ccc1Nc1cccc(Cl)c1. The molecular formula is C18H17ClN2O2. The molecule has 1 N–H and O–H groups in total. The molecule has 1 fully saturated rings. The lowest BCUT2D eigenvalue weighted by Gasteiger charge is -2.16. The summed E-state index contributed by atoms with van der Waals surface area (Å²) < 4.78 is 0. The van der Waals surface area contributed by atoms with Crippen LogP contribution in [0.5, 0.6) is 0 Å². The van der Waals surface area contributed by atoms with Crippen LogP contribution in [-0.4, -0.2) is 29.7 Å². The first-order valence-corrected chi connectivity index (χ1v) is 7.85. The Morgan fingerprint density at radius 1 is 1.22 bits per heavy atom. The van der Waals surface area contributed by atoms with E-state index < -0.39 is 0 Å². The molecule has 0 radical (unpaired) electrons. The lowest BCUT2D eigenvalue weighted by Crippen LogP contribution is -2.28. The number of Topliss-reactive ketones (excluding diaryl/α,β-unsaturated/α-hetero) is 1. The number of carbonyl (C=O) groups is 2. The van der Waals surface area contributed by atoms with Crippen molar-refractivity contribution >= 4 is 34.7 Å². The Kier molecular flexibility index (Phi) is 4.35. The van der Waals surface area contributed by atoms with Gasteiger partial charge in [0.15, 0.2) is 5.78 Å². The highest BCUT2D eigenvalue weighted by atomic mass is 35.5. The molecule has 1 aliphatic heterocycles. The van der Waals surface area contributed by atoms with Crippen molar-refractivity contribution < 1.29 is 9.59 Å². The fourth-order valence-electron chi connectivity index (χ4n) is 2.65. The number of likely N-dealkylation sites (tertiary alicyclic amines) is 1. The Bertz CT molecular complexity index is 773. The smallest absolute Gasteiger partial charge is 0.254 e. The van der Waals surface area contributed by atoms with Crippen molar-refractivity contribution in [3.05, 3.63) is 58.6 Å². The highest BCUT2D eigenvalue weighted by Gasteiger charge is 2.25. The number of hydrogen-bond acceptors (Lipinski definition) is 3. The van der Waals surface area contributed by atoms with Crippen LogP contribution < -0.4 is 5.32 Å². The molecule has 0 unspecified atom stereocenters. The largest absolute Gasteiger partial charge is 0.355 e. The third kappa shape index (κ3) is 3.54. The van der Waals surface area contributed by atoms with Crippen molar-refractivity contribution in [3.8, 4) is 0 Å². The number of nitrogens with one attached hydrogen (secondary N) is 1. The zero-order valence-electron chi connectivity index (χ0n) is 12.8. The summed E-state index contributed by atoms with van der Waals surface area (Å²) in [5.41, 5.74) is 3.38. The van der Waals surface area contributed by atoms with Gasteiger partial charge in [0.05, 0.1) is 6.54 Å². The lowest BCUT2D eigenvalue weighted by atomic mass is 10.1. The van der Waals surface area contributed by atoms with E-state index in [-0.39, 0.29) is 18.2 Å². The molecule has 2 aromatic carbocycles. The molecule has 3 rings (SSSR count). The number of amides is 1. The van der Waals surface area contributed by atoms with E-state index in [1.165, 1.54) is 0 Å². The maximum absolute atomic E-state index is 12.4. The van der Waals surface area contributed by atoms with Crippen LogP contribution in [0.1, 0.15) is 22.3 Å². The topological polar surface area (TPSA) is 49.4 Å². The average Bonchev–Trinajstić information content (AvgIpc) is 2.95. The van der Waals surface area contributed by atoms with Crippen molar-refractivity contribution in [2.24, 2.45) is 0 Å². The minimum absolute atomic E-state index is 0.0896. The van der Waals surface area contributed by atoms with E-state index in [4.69, 9.17) is 11.6 Å². The summed E-state index contributed by atoms with van der Waals surface area (Å²) in [5.74, 6) is 0.0302. The van der Waals surface area contributed by atoms with Crippen molar-refractivity contribution in [2.75, 3.05) is 18.4 Å². The summed E-state index contributed by atoms with van der Waals surface area (Å²) in [7, 11) is 0. The normalized spacial score (nSPS) is 14.2. The quantitative estimate of drug-likeness (QED) is 0.932. The molecule has 4 nitrogen and oxygen atoms in total. The predicted octanol–water partition coefficient (Wildman–Crippen LogP) is 3.81. The molecule has 0 saturated carbocycles. The van der Waals surface area contributed by atoms with Crippen LogP contribution in [0.3, 0.4) is 0 Å². The van der Waals surface area contributed by atoms with Gasteiger partial charge in [0.25, 0.3) is 5.91 Å². The van der Waals surface area contributed by atoms with Gasteiger partial charge in [0.1, 0.15) is 0 Å². The van der Waals surface area contributed by atoms with Crippen LogP contribution in [0.25, 0.3) is 0 Å². The van der Waals surface area contributed by atoms with E-state index >= 15 is 0 Å². The Morgan fingerprint density at radius 2 is 2.04 bits per heavy atom. The number of rotatable bonds is 3. The van der Waals surface area contributed by atoms with Gasteiger partial charge in [-0.3, -0.25) is 9.59 Å². The summed E-state index contributed by atoms with van der Waals surface area (Å²) >= 11 is 5.98. The molecule has 1 saturated heterocycles. The molecule has 1 amide bonds. The van der Waals surface area contributed by atoms with E-state index in [0.717, 1.165) is 16.9 Å². The van der Waals surface area contributed by atoms with Crippen LogP contribution in [0.2, 0.25) is 5.02 Å². The number of ketones is 1. The van der Waals surface area contributed by atoms with E-state index in [2.05, 4.69) is 5.32 Å². The van der Waals surface area contributed by atoms with Gasteiger partial charge in [0.2, 0.25) is 0 Å². The first kappa shape index (κ1) is 15.6. The second-order valence-corrected chi connectivity index (χ2v) is 6.12. The Hall–Kier alpha value is -2.33. The van der Waals surface area contributed by atoms with Crippen LogP contribution >= 0.6 is 11.6 Å². The average molecular weight is 329 g/mol. The van der Waals surface area contributed by atoms with E-state index in [1.54, 1.807) is 11.0 Å². The van der Waals surface area contributed by atoms with Crippen LogP contribution in [0.4, 0.5) is 11.4 Å². The molecule has 0 aliphatic carbocycles. The second kappa shape index (κ2) is 6.42. The number of nitrogens with zero attached hydrogens (tertiary/aromatic N) is 1. The molecule has 2 aromatic rings. The molecule has 5 heteroatoms. The van der Waals surface area contributed by atoms with Crippen molar-refractivity contribution in [1.29, 1.82) is 0 Å². The van der Waals surface area contributed by atoms with Crippen LogP contribution in [-0.2, 0) is 4.79 Å². The Balaban J connectivity index is 1.78. The van der Waals surface area contributed by atoms with Gasteiger partial charge in [-0.1, -0.05) is 17.7 Å². The van der Waals surface area contributed by atoms with Crippen molar-refractivity contribution in [2.45, 2.75) is 13.3 Å². The maximum Gasteiger partial charge on any atom is 0.254 e. The van der Waals surface area contributed by atoms with Gasteiger partial charge in [-0.05, 0) is 48.9 Å². The zero-order chi connectivity index (χ0) is 16.4. The summed E-state index contributed by atoms with van der Waals surface area (Å²) in [6, 6.07) is 13.0. The van der Waals surface area contributed by atoms with E-state index in [0.29, 0.717) is 23.6 Å². The van der Waals surface area contributed by atoms with Gasteiger partial charge >= 0.3 is 0 Å². The molecule has 0 spiro atoms. The van der Waals surface area contributed by atoms with Gasteiger partial charge < -0.3 is 10.2 Å². The molecule has 23 heavy (non-hydrogen) atoms. The Labute approximate surface area is 140 Å². The van der Waals surface area contributed by atoms with Crippen LogP contribution in [0.15, 0.2) is 42.5 Å². The lowest BCUT2D eigenvalue weighted by molar-refractivity contribution is -0.116. The van der Waals surface area contributed by atoms with Gasteiger partial charge in [-0.25, -0.2) is 0 Å². The summed E-state index contributed by atoms with van der Waals surface area (Å²) in [4.78, 5) is 25.3. The van der Waals surface area contributed by atoms with Gasteiger partial charge in [0, 0.05) is 34.9 Å². The number of aryl methyl sites for hydroxylation is 1. The zero-order valence-corrected chi connectivity index (χ0v) is 13.6. The first-order valence-electron chi connectivity index (χ1n) is 7.47. The summed E-state index contributed by atoms with van der Waals surface area (Å²) in [6.07, 6.45) is 0.457. The monoisotopic (exact) mass is 328 g/mol. The number of hydrogen-bond donors (Lipinski definition) is 1. The number of halogens is 1. The predicted molar refractivity (Wildman–Crippen MR) is 91.4 cm³/mol. The van der Waals surface area contributed by atoms with Crippen molar-refractivity contribution in [3.63, 3.8) is 0 Å². The number of benzene rings is 2. The standard InChI is InChI=1S/C18H17ClN2O2/c1-12-9-13(18(23)21-8-7-16(22)11-21)5-6-17(12)20-15-4-2-3-14(19)10-15/h2-6,9-10,20H,7-8,11H2,1H3. The molecule has 0 aromatic heterocycles. The molecular weight excluding hydrogens is 312 g/mol. The Morgan fingerprint density at radius 3 is 2.70 bits per heavy atom. The first-order chi connectivity index (χ1) is 11.0. The van der Waals surface area contributed by atoms with Crippen molar-refractivity contribution in [1.82, 2.24) is 4.90 Å². The van der Waals surface area contributed by atoms with E-state index in [9.17, 15) is 9.59 Å². The highest BCUT2D eigenvalue weighted by Crippen LogP contribution is 2.24. The fraction of sp³-hybridized carbons (Fsp3) is 0.222. The van der Waals surface area contributed by atoms with Crippen LogP contribution in [0, 0.1) is 6.92 Å². The molecule has 118 valence electrons. The summed E-state index contributed by atoms with van der Waals surface area (Å²) in [6.45, 7) is 2.68. The minimum atomic E-state index is -0.0896. The minimum Gasteiger partial charge on any atom is -0.355 e.